The molecule has 24 heavy (non-hydrogen) atoms. The van der Waals surface area contributed by atoms with E-state index in [0.29, 0.717) is 18.3 Å². The van der Waals surface area contributed by atoms with E-state index >= 15 is 0 Å². The molecule has 1 saturated heterocycles. The van der Waals surface area contributed by atoms with Crippen molar-refractivity contribution in [2.75, 3.05) is 19.3 Å². The molecule has 3 rings (SSSR count). The number of nitrogens with one attached hydrogen (secondary N) is 1. The zero-order valence-electron chi connectivity index (χ0n) is 13.9. The van der Waals surface area contributed by atoms with Gasteiger partial charge in [0, 0.05) is 24.7 Å². The summed E-state index contributed by atoms with van der Waals surface area (Å²) < 4.78 is 30.6. The van der Waals surface area contributed by atoms with Gasteiger partial charge in [-0.25, -0.2) is 13.1 Å². The van der Waals surface area contributed by atoms with E-state index in [-0.39, 0.29) is 6.04 Å². The standard InChI is InChI=1S/C16H22N4O3S/c1-12-3-5-13(6-4-12)16-17-15(18-23-16)11-20-9-7-14(8-10-20)19-24(2,21)22/h3-6,14,19H,7-11H2,1-2H3. The Kier molecular flexibility index (Phi) is 4.98. The molecule has 0 atom stereocenters. The molecule has 1 aliphatic heterocycles. The van der Waals surface area contributed by atoms with Crippen LogP contribution in [0.4, 0.5) is 0 Å². The van der Waals surface area contributed by atoms with E-state index < -0.39 is 10.0 Å². The second kappa shape index (κ2) is 7.00. The maximum absolute atomic E-state index is 11.3. The third-order valence-electron chi connectivity index (χ3n) is 4.10. The molecule has 0 unspecified atom stereocenters. The average Bonchev–Trinajstić information content (AvgIpc) is 2.97. The molecule has 0 saturated carbocycles. The summed E-state index contributed by atoms with van der Waals surface area (Å²) in [5.41, 5.74) is 2.10. The van der Waals surface area contributed by atoms with Crippen LogP contribution >= 0.6 is 0 Å². The Morgan fingerprint density at radius 3 is 2.54 bits per heavy atom. The molecule has 1 aromatic heterocycles. The van der Waals surface area contributed by atoms with Crippen molar-refractivity contribution in [3.05, 3.63) is 35.7 Å². The van der Waals surface area contributed by atoms with Crippen LogP contribution < -0.4 is 4.72 Å². The van der Waals surface area contributed by atoms with Gasteiger partial charge in [-0.15, -0.1) is 0 Å². The van der Waals surface area contributed by atoms with E-state index in [2.05, 4.69) is 19.8 Å². The van der Waals surface area contributed by atoms with Crippen molar-refractivity contribution in [1.82, 2.24) is 19.8 Å². The summed E-state index contributed by atoms with van der Waals surface area (Å²) in [5, 5.41) is 4.05. The first-order valence-electron chi connectivity index (χ1n) is 7.98. The van der Waals surface area contributed by atoms with E-state index in [1.54, 1.807) is 0 Å². The van der Waals surface area contributed by atoms with Gasteiger partial charge in [0.25, 0.3) is 5.89 Å². The summed E-state index contributed by atoms with van der Waals surface area (Å²) >= 11 is 0. The Balaban J connectivity index is 1.55. The van der Waals surface area contributed by atoms with Crippen LogP contribution in [0.2, 0.25) is 0 Å². The lowest BCUT2D eigenvalue weighted by Gasteiger charge is -2.30. The van der Waals surface area contributed by atoms with Crippen LogP contribution in [0, 0.1) is 6.92 Å². The predicted octanol–water partition coefficient (Wildman–Crippen LogP) is 1.56. The van der Waals surface area contributed by atoms with Crippen LogP contribution in [-0.4, -0.2) is 48.8 Å². The number of likely N-dealkylation sites (tertiary alicyclic amines) is 1. The van der Waals surface area contributed by atoms with Crippen molar-refractivity contribution in [1.29, 1.82) is 0 Å². The summed E-state index contributed by atoms with van der Waals surface area (Å²) in [6.45, 7) is 4.26. The van der Waals surface area contributed by atoms with Crippen molar-refractivity contribution in [3.63, 3.8) is 0 Å². The van der Waals surface area contributed by atoms with Crippen LogP contribution in [-0.2, 0) is 16.6 Å². The van der Waals surface area contributed by atoms with Crippen molar-refractivity contribution in [3.8, 4) is 11.5 Å². The third-order valence-corrected chi connectivity index (χ3v) is 4.86. The molecule has 8 heteroatoms. The first kappa shape index (κ1) is 17.1. The third kappa shape index (κ3) is 4.62. The molecule has 1 aromatic carbocycles. The molecular formula is C16H22N4O3S. The van der Waals surface area contributed by atoms with Gasteiger partial charge >= 0.3 is 0 Å². The quantitative estimate of drug-likeness (QED) is 0.880. The first-order chi connectivity index (χ1) is 11.4. The van der Waals surface area contributed by atoms with Gasteiger partial charge in [0.2, 0.25) is 10.0 Å². The predicted molar refractivity (Wildman–Crippen MR) is 90.7 cm³/mol. The number of benzene rings is 1. The van der Waals surface area contributed by atoms with Gasteiger partial charge in [0.05, 0.1) is 12.8 Å². The van der Waals surface area contributed by atoms with Crippen LogP contribution in [0.1, 0.15) is 24.2 Å². The number of nitrogens with zero attached hydrogens (tertiary/aromatic N) is 3. The molecule has 7 nitrogen and oxygen atoms in total. The normalized spacial score (nSPS) is 17.2. The Hall–Kier alpha value is -1.77. The molecule has 1 fully saturated rings. The zero-order chi connectivity index (χ0) is 17.2. The van der Waals surface area contributed by atoms with Crippen molar-refractivity contribution in [2.45, 2.75) is 32.4 Å². The lowest BCUT2D eigenvalue weighted by Crippen LogP contribution is -2.44. The highest BCUT2D eigenvalue weighted by molar-refractivity contribution is 7.88. The van der Waals surface area contributed by atoms with E-state index in [1.807, 2.05) is 31.2 Å². The smallest absolute Gasteiger partial charge is 0.257 e. The first-order valence-corrected chi connectivity index (χ1v) is 9.87. The van der Waals surface area contributed by atoms with Crippen LogP contribution in [0.25, 0.3) is 11.5 Å². The maximum Gasteiger partial charge on any atom is 0.257 e. The molecule has 0 radical (unpaired) electrons. The Morgan fingerprint density at radius 2 is 1.92 bits per heavy atom. The highest BCUT2D eigenvalue weighted by atomic mass is 32.2. The summed E-state index contributed by atoms with van der Waals surface area (Å²) in [6.07, 6.45) is 2.77. The number of piperidine rings is 1. The van der Waals surface area contributed by atoms with Gasteiger partial charge in [-0.2, -0.15) is 4.98 Å². The molecular weight excluding hydrogens is 328 g/mol. The highest BCUT2D eigenvalue weighted by Crippen LogP contribution is 2.19. The number of hydrogen-bond acceptors (Lipinski definition) is 6. The summed E-state index contributed by atoms with van der Waals surface area (Å²) in [6, 6.07) is 7.98. The fourth-order valence-electron chi connectivity index (χ4n) is 2.84. The van der Waals surface area contributed by atoms with Gasteiger partial charge < -0.3 is 4.52 Å². The lowest BCUT2D eigenvalue weighted by atomic mass is 10.1. The van der Waals surface area contributed by atoms with Crippen LogP contribution in [0.15, 0.2) is 28.8 Å². The van der Waals surface area contributed by atoms with Crippen molar-refractivity contribution < 1.29 is 12.9 Å². The number of rotatable bonds is 5. The average molecular weight is 350 g/mol. The second-order valence-corrected chi connectivity index (χ2v) is 8.10. The maximum atomic E-state index is 11.3. The van der Waals surface area contributed by atoms with Gasteiger partial charge in [0.1, 0.15) is 0 Å². The Morgan fingerprint density at radius 1 is 1.25 bits per heavy atom. The Labute approximate surface area is 142 Å². The van der Waals surface area contributed by atoms with Gasteiger partial charge in [-0.3, -0.25) is 4.90 Å². The van der Waals surface area contributed by atoms with Crippen molar-refractivity contribution in [2.24, 2.45) is 0 Å². The molecule has 0 amide bonds. The summed E-state index contributed by atoms with van der Waals surface area (Å²) in [4.78, 5) is 6.66. The van der Waals surface area contributed by atoms with Crippen LogP contribution in [0.5, 0.6) is 0 Å². The molecule has 0 aliphatic carbocycles. The van der Waals surface area contributed by atoms with E-state index in [4.69, 9.17) is 4.52 Å². The summed E-state index contributed by atoms with van der Waals surface area (Å²) in [5.74, 6) is 1.18. The fourth-order valence-corrected chi connectivity index (χ4v) is 3.68. The second-order valence-electron chi connectivity index (χ2n) is 6.32. The lowest BCUT2D eigenvalue weighted by molar-refractivity contribution is 0.193. The number of aromatic nitrogens is 2. The van der Waals surface area contributed by atoms with Crippen molar-refractivity contribution >= 4 is 10.0 Å². The zero-order valence-corrected chi connectivity index (χ0v) is 14.7. The molecule has 2 heterocycles. The highest BCUT2D eigenvalue weighted by Gasteiger charge is 2.22. The van der Waals surface area contributed by atoms with Gasteiger partial charge in [0.15, 0.2) is 5.82 Å². The van der Waals surface area contributed by atoms with Crippen LogP contribution in [0.3, 0.4) is 0 Å². The molecule has 130 valence electrons. The molecule has 0 bridgehead atoms. The van der Waals surface area contributed by atoms with E-state index in [1.165, 1.54) is 11.8 Å². The minimum Gasteiger partial charge on any atom is -0.334 e. The molecule has 1 aliphatic rings. The van der Waals surface area contributed by atoms with Gasteiger partial charge in [-0.1, -0.05) is 22.9 Å². The number of hydrogen-bond donors (Lipinski definition) is 1. The molecule has 2 aromatic rings. The number of aryl methyl sites for hydroxylation is 1. The SMILES string of the molecule is Cc1ccc(-c2nc(CN3CCC(NS(C)(=O)=O)CC3)no2)cc1. The minimum absolute atomic E-state index is 0.0182. The fraction of sp³-hybridized carbons (Fsp3) is 0.500. The van der Waals surface area contributed by atoms with E-state index in [9.17, 15) is 8.42 Å². The monoisotopic (exact) mass is 350 g/mol. The van der Waals surface area contributed by atoms with E-state index in [0.717, 1.165) is 31.5 Å². The number of sulfonamides is 1. The Bertz CT molecular complexity index is 778. The molecule has 0 spiro atoms. The van der Waals surface area contributed by atoms with Gasteiger partial charge in [-0.05, 0) is 31.9 Å². The largest absolute Gasteiger partial charge is 0.334 e. The molecule has 1 N–H and O–H groups in total. The minimum atomic E-state index is -3.14. The summed E-state index contributed by atoms with van der Waals surface area (Å²) in [7, 11) is -3.14. The topological polar surface area (TPSA) is 88.3 Å².